The summed E-state index contributed by atoms with van der Waals surface area (Å²) in [6, 6.07) is 14.7. The Morgan fingerprint density at radius 3 is 2.51 bits per heavy atom. The van der Waals surface area contributed by atoms with Gasteiger partial charge in [-0.05, 0) is 61.4 Å². The summed E-state index contributed by atoms with van der Waals surface area (Å²) in [4.78, 5) is 16.3. The van der Waals surface area contributed by atoms with E-state index in [1.165, 1.54) is 41.8 Å². The minimum Gasteiger partial charge on any atom is -0.454 e. The number of nitro groups is 1. The number of rotatable bonds is 5. The number of fused-ring (bicyclic) bond motifs is 1. The summed E-state index contributed by atoms with van der Waals surface area (Å²) in [6.07, 6.45) is 1.40. The Hall–Kier alpha value is -4.31. The largest absolute Gasteiger partial charge is 0.454 e. The average molecular weight is 491 g/mol. The number of thiazole rings is 1. The molecule has 3 aromatic carbocycles. The second kappa shape index (κ2) is 9.15. The van der Waals surface area contributed by atoms with Gasteiger partial charge in [-0.3, -0.25) is 10.1 Å². The number of benzene rings is 3. The summed E-state index contributed by atoms with van der Waals surface area (Å²) < 4.78 is 25.6. The highest BCUT2D eigenvalue weighted by Crippen LogP contribution is 2.37. The molecule has 0 saturated carbocycles. The standard InChI is InChI=1S/C25H19FN4O4S/c1-15-3-4-17(9-16(15)2)22-13-35-25(28-20-7-5-19(26)6-8-20)29(22)27-12-18-10-23-24(34-14-33-23)11-21(18)30(31)32/h3-13H,14H2,1-2H3. The number of hydrogen-bond donors (Lipinski definition) is 0. The van der Waals surface area contributed by atoms with Gasteiger partial charge < -0.3 is 9.47 Å². The monoisotopic (exact) mass is 490 g/mol. The molecule has 0 amide bonds. The molecule has 0 radical (unpaired) electrons. The molecule has 1 aromatic heterocycles. The van der Waals surface area contributed by atoms with Crippen molar-refractivity contribution in [1.29, 1.82) is 0 Å². The van der Waals surface area contributed by atoms with Crippen molar-refractivity contribution in [3.05, 3.63) is 97.4 Å². The van der Waals surface area contributed by atoms with Gasteiger partial charge in [-0.25, -0.2) is 14.1 Å². The lowest BCUT2D eigenvalue weighted by Crippen LogP contribution is -2.12. The maximum absolute atomic E-state index is 13.4. The molecule has 2 heterocycles. The second-order valence-corrected chi connectivity index (χ2v) is 8.71. The quantitative estimate of drug-likeness (QED) is 0.203. The van der Waals surface area contributed by atoms with Gasteiger partial charge in [0.1, 0.15) is 5.82 Å². The fourth-order valence-corrected chi connectivity index (χ4v) is 4.40. The topological polar surface area (TPSA) is 91.2 Å². The van der Waals surface area contributed by atoms with Crippen LogP contribution in [-0.4, -0.2) is 22.6 Å². The Morgan fingerprint density at radius 2 is 1.80 bits per heavy atom. The fourth-order valence-electron chi connectivity index (χ4n) is 3.54. The van der Waals surface area contributed by atoms with Crippen LogP contribution in [0.25, 0.3) is 11.3 Å². The molecule has 0 N–H and O–H groups in total. The fraction of sp³-hybridized carbons (Fsp3) is 0.120. The molecular weight excluding hydrogens is 471 g/mol. The van der Waals surface area contributed by atoms with Crippen LogP contribution >= 0.6 is 11.3 Å². The van der Waals surface area contributed by atoms with Crippen molar-refractivity contribution in [1.82, 2.24) is 4.68 Å². The first-order chi connectivity index (χ1) is 16.9. The molecule has 35 heavy (non-hydrogen) atoms. The molecule has 4 aromatic rings. The molecule has 1 aliphatic rings. The van der Waals surface area contributed by atoms with Gasteiger partial charge in [0.2, 0.25) is 11.6 Å². The first kappa shape index (κ1) is 22.5. The Balaban J connectivity index is 1.66. The molecule has 0 spiro atoms. The van der Waals surface area contributed by atoms with Crippen LogP contribution in [0, 0.1) is 29.8 Å². The molecule has 0 fully saturated rings. The summed E-state index contributed by atoms with van der Waals surface area (Å²) in [7, 11) is 0. The molecule has 5 rings (SSSR count). The summed E-state index contributed by atoms with van der Waals surface area (Å²) >= 11 is 1.36. The molecule has 0 atom stereocenters. The van der Waals surface area contributed by atoms with Gasteiger partial charge in [0.25, 0.3) is 5.69 Å². The van der Waals surface area contributed by atoms with E-state index < -0.39 is 4.92 Å². The van der Waals surface area contributed by atoms with Gasteiger partial charge in [0.05, 0.1) is 34.1 Å². The lowest BCUT2D eigenvalue weighted by atomic mass is 10.1. The van der Waals surface area contributed by atoms with Gasteiger partial charge >= 0.3 is 0 Å². The van der Waals surface area contributed by atoms with Crippen molar-refractivity contribution in [3.63, 3.8) is 0 Å². The first-order valence-electron chi connectivity index (χ1n) is 10.6. The van der Waals surface area contributed by atoms with Crippen LogP contribution in [0.3, 0.4) is 0 Å². The number of nitro benzene ring substituents is 1. The van der Waals surface area contributed by atoms with Crippen molar-refractivity contribution in [2.24, 2.45) is 10.1 Å². The number of aryl methyl sites for hydroxylation is 2. The number of nitrogens with zero attached hydrogens (tertiary/aromatic N) is 4. The van der Waals surface area contributed by atoms with Crippen molar-refractivity contribution < 1.29 is 18.8 Å². The highest BCUT2D eigenvalue weighted by atomic mass is 32.1. The molecule has 10 heteroatoms. The van der Waals surface area contributed by atoms with E-state index in [1.54, 1.807) is 16.8 Å². The number of hydrogen-bond acceptors (Lipinski definition) is 7. The van der Waals surface area contributed by atoms with Crippen LogP contribution < -0.4 is 14.3 Å². The Labute approximate surface area is 203 Å². The lowest BCUT2D eigenvalue weighted by Gasteiger charge is -2.07. The third-order valence-corrected chi connectivity index (χ3v) is 6.39. The molecular formula is C25H19FN4O4S. The van der Waals surface area contributed by atoms with Gasteiger partial charge in [0.15, 0.2) is 11.5 Å². The van der Waals surface area contributed by atoms with Crippen LogP contribution in [0.5, 0.6) is 11.5 Å². The van der Waals surface area contributed by atoms with Crippen LogP contribution in [0.4, 0.5) is 15.8 Å². The number of ether oxygens (including phenoxy) is 2. The normalized spacial score (nSPS) is 13.1. The van der Waals surface area contributed by atoms with Crippen LogP contribution in [0.1, 0.15) is 16.7 Å². The second-order valence-electron chi connectivity index (χ2n) is 7.87. The van der Waals surface area contributed by atoms with Crippen molar-refractivity contribution in [2.75, 3.05) is 6.79 Å². The average Bonchev–Trinajstić information content (AvgIpc) is 3.46. The lowest BCUT2D eigenvalue weighted by molar-refractivity contribution is -0.385. The smallest absolute Gasteiger partial charge is 0.282 e. The molecule has 0 aliphatic carbocycles. The predicted octanol–water partition coefficient (Wildman–Crippen LogP) is 5.72. The van der Waals surface area contributed by atoms with Crippen molar-refractivity contribution in [2.45, 2.75) is 13.8 Å². The number of halogens is 1. The predicted molar refractivity (Wildman–Crippen MR) is 131 cm³/mol. The van der Waals surface area contributed by atoms with E-state index in [2.05, 4.69) is 10.1 Å². The highest BCUT2D eigenvalue weighted by Gasteiger charge is 2.22. The molecule has 0 bridgehead atoms. The third kappa shape index (κ3) is 4.56. The minimum atomic E-state index is -0.490. The summed E-state index contributed by atoms with van der Waals surface area (Å²) in [5, 5.41) is 18.2. The Bertz CT molecular complexity index is 1540. The van der Waals surface area contributed by atoms with Gasteiger partial charge in [-0.15, -0.1) is 11.3 Å². The van der Waals surface area contributed by atoms with Crippen molar-refractivity contribution in [3.8, 4) is 22.8 Å². The zero-order chi connectivity index (χ0) is 24.5. The van der Waals surface area contributed by atoms with E-state index in [9.17, 15) is 14.5 Å². The maximum atomic E-state index is 13.4. The molecule has 0 unspecified atom stereocenters. The van der Waals surface area contributed by atoms with E-state index in [4.69, 9.17) is 9.47 Å². The van der Waals surface area contributed by atoms with Crippen LogP contribution in [-0.2, 0) is 0 Å². The zero-order valence-electron chi connectivity index (χ0n) is 18.8. The van der Waals surface area contributed by atoms with Gasteiger partial charge in [-0.2, -0.15) is 5.10 Å². The summed E-state index contributed by atoms with van der Waals surface area (Å²) in [5.74, 6) is 0.379. The summed E-state index contributed by atoms with van der Waals surface area (Å²) in [5.41, 5.74) is 4.62. The maximum Gasteiger partial charge on any atom is 0.282 e. The molecule has 1 aliphatic heterocycles. The Kier molecular flexibility index (Phi) is 5.87. The minimum absolute atomic E-state index is 0.00395. The van der Waals surface area contributed by atoms with E-state index >= 15 is 0 Å². The SMILES string of the molecule is Cc1ccc(-c2csc(=Nc3ccc(F)cc3)n2N=Cc2cc3c(cc2[N+](=O)[O-])OCO3)cc1C. The molecule has 0 saturated heterocycles. The third-order valence-electron chi connectivity index (χ3n) is 5.57. The highest BCUT2D eigenvalue weighted by molar-refractivity contribution is 7.07. The van der Waals surface area contributed by atoms with Gasteiger partial charge in [-0.1, -0.05) is 12.1 Å². The van der Waals surface area contributed by atoms with Crippen LogP contribution in [0.15, 0.2) is 70.1 Å². The number of aromatic nitrogens is 1. The van der Waals surface area contributed by atoms with E-state index in [0.29, 0.717) is 22.0 Å². The van der Waals surface area contributed by atoms with E-state index in [0.717, 1.165) is 22.4 Å². The first-order valence-corrected chi connectivity index (χ1v) is 11.5. The molecule has 8 nitrogen and oxygen atoms in total. The molecule has 176 valence electrons. The summed E-state index contributed by atoms with van der Waals surface area (Å²) in [6.45, 7) is 4.07. The van der Waals surface area contributed by atoms with E-state index in [-0.39, 0.29) is 23.9 Å². The Morgan fingerprint density at radius 1 is 1.06 bits per heavy atom. The van der Waals surface area contributed by atoms with Gasteiger partial charge in [0, 0.05) is 10.9 Å². The van der Waals surface area contributed by atoms with E-state index in [1.807, 2.05) is 37.4 Å². The zero-order valence-corrected chi connectivity index (χ0v) is 19.6. The van der Waals surface area contributed by atoms with Crippen molar-refractivity contribution >= 4 is 28.9 Å². The van der Waals surface area contributed by atoms with Crippen LogP contribution in [0.2, 0.25) is 0 Å².